The van der Waals surface area contributed by atoms with Gasteiger partial charge in [0, 0.05) is 10.4 Å². The van der Waals surface area contributed by atoms with Gasteiger partial charge in [0.05, 0.1) is 30.1 Å². The van der Waals surface area contributed by atoms with Crippen LogP contribution in [-0.2, 0) is 24.2 Å². The van der Waals surface area contributed by atoms with E-state index in [1.54, 1.807) is 42.5 Å². The number of hydrogen-bond donors (Lipinski definition) is 1. The fraction of sp³-hybridized carbons (Fsp3) is 0.286. The Kier molecular flexibility index (Phi) is 7.94. The summed E-state index contributed by atoms with van der Waals surface area (Å²) in [6, 6.07) is 8.66. The van der Waals surface area contributed by atoms with E-state index in [0.717, 1.165) is 36.1 Å². The minimum Gasteiger partial charge on any atom is -0.493 e. The lowest BCUT2D eigenvalue weighted by molar-refractivity contribution is -0.123. The molecule has 2 heterocycles. The minimum absolute atomic E-state index is 0.0720. The van der Waals surface area contributed by atoms with Gasteiger partial charge in [-0.2, -0.15) is 5.10 Å². The maximum atomic E-state index is 14.0. The Balaban J connectivity index is 1.26. The number of rotatable bonds is 8. The van der Waals surface area contributed by atoms with E-state index < -0.39 is 17.8 Å². The van der Waals surface area contributed by atoms with Crippen LogP contribution in [0.2, 0.25) is 5.02 Å². The van der Waals surface area contributed by atoms with Gasteiger partial charge in [0.15, 0.2) is 11.5 Å². The quantitative estimate of drug-likeness (QED) is 0.226. The van der Waals surface area contributed by atoms with Crippen molar-refractivity contribution in [2.45, 2.75) is 45.3 Å². The Bertz CT molecular complexity index is 1610. The number of methoxy groups -OCH3 is 1. The smallest absolute Gasteiger partial charge is 0.263 e. The Hall–Kier alpha value is -3.76. The standard InChI is InChI=1S/C28H26ClFN4O4S/c1-16(34-15-31-27-25(28(34)36)18-6-3-4-9-24(18)39-27)26(35)33-32-13-17-10-11-22(23(12-17)37-2)38-14-19-20(29)7-5-8-21(19)30/h5,7-8,10-13,15-16H,3-4,6,9,14H2,1-2H3,(H,33,35). The van der Waals surface area contributed by atoms with E-state index in [1.807, 2.05) is 0 Å². The first kappa shape index (κ1) is 26.8. The van der Waals surface area contributed by atoms with Crippen LogP contribution in [0.15, 0.2) is 52.6 Å². The molecule has 0 radical (unpaired) electrons. The fourth-order valence-electron chi connectivity index (χ4n) is 4.53. The Morgan fingerprint density at radius 2 is 2.10 bits per heavy atom. The Labute approximate surface area is 233 Å². The van der Waals surface area contributed by atoms with E-state index in [1.165, 1.54) is 41.2 Å². The van der Waals surface area contributed by atoms with Gasteiger partial charge in [0.2, 0.25) is 0 Å². The normalized spacial score (nSPS) is 13.8. The number of aromatic nitrogens is 2. The van der Waals surface area contributed by atoms with Crippen molar-refractivity contribution in [2.24, 2.45) is 5.10 Å². The predicted molar refractivity (Wildman–Crippen MR) is 150 cm³/mol. The predicted octanol–water partition coefficient (Wildman–Crippen LogP) is 5.43. The number of aryl methyl sites for hydroxylation is 2. The zero-order valence-electron chi connectivity index (χ0n) is 21.4. The Morgan fingerprint density at radius 3 is 2.90 bits per heavy atom. The number of thiophene rings is 1. The monoisotopic (exact) mass is 568 g/mol. The third kappa shape index (κ3) is 5.53. The fourth-order valence-corrected chi connectivity index (χ4v) is 5.97. The summed E-state index contributed by atoms with van der Waals surface area (Å²) in [5.74, 6) is -0.115. The molecule has 1 unspecified atom stereocenters. The molecule has 0 saturated heterocycles. The van der Waals surface area contributed by atoms with Crippen molar-refractivity contribution in [1.29, 1.82) is 0 Å². The molecule has 0 bridgehead atoms. The van der Waals surface area contributed by atoms with Gasteiger partial charge in [-0.05, 0) is 74.1 Å². The highest BCUT2D eigenvalue weighted by Gasteiger charge is 2.23. The van der Waals surface area contributed by atoms with Crippen molar-refractivity contribution in [3.63, 3.8) is 0 Å². The van der Waals surface area contributed by atoms with Crippen molar-refractivity contribution in [3.8, 4) is 11.5 Å². The molecule has 1 atom stereocenters. The topological polar surface area (TPSA) is 94.8 Å². The van der Waals surface area contributed by atoms with E-state index >= 15 is 0 Å². The second-order valence-electron chi connectivity index (χ2n) is 9.16. The van der Waals surface area contributed by atoms with Crippen LogP contribution in [0.3, 0.4) is 0 Å². The summed E-state index contributed by atoms with van der Waals surface area (Å²) >= 11 is 7.64. The van der Waals surface area contributed by atoms with Crippen LogP contribution < -0.4 is 20.5 Å². The first-order valence-corrected chi connectivity index (χ1v) is 13.6. The molecule has 0 spiro atoms. The Morgan fingerprint density at radius 1 is 1.28 bits per heavy atom. The molecule has 4 aromatic rings. The van der Waals surface area contributed by atoms with Crippen molar-refractivity contribution in [3.05, 3.63) is 85.5 Å². The van der Waals surface area contributed by atoms with Crippen LogP contribution in [0, 0.1) is 5.82 Å². The van der Waals surface area contributed by atoms with Gasteiger partial charge in [0.1, 0.15) is 23.3 Å². The van der Waals surface area contributed by atoms with Gasteiger partial charge >= 0.3 is 0 Å². The third-order valence-electron chi connectivity index (χ3n) is 6.71. The van der Waals surface area contributed by atoms with Crippen LogP contribution in [0.1, 0.15) is 47.4 Å². The molecule has 8 nitrogen and oxygen atoms in total. The summed E-state index contributed by atoms with van der Waals surface area (Å²) < 4.78 is 26.5. The van der Waals surface area contributed by atoms with Gasteiger partial charge in [-0.25, -0.2) is 14.8 Å². The number of benzene rings is 2. The van der Waals surface area contributed by atoms with Gasteiger partial charge < -0.3 is 9.47 Å². The van der Waals surface area contributed by atoms with Crippen molar-refractivity contribution in [2.75, 3.05) is 7.11 Å². The molecular formula is C28H26ClFN4O4S. The highest BCUT2D eigenvalue weighted by atomic mass is 35.5. The van der Waals surface area contributed by atoms with E-state index in [0.29, 0.717) is 22.4 Å². The third-order valence-corrected chi connectivity index (χ3v) is 8.26. The van der Waals surface area contributed by atoms with Gasteiger partial charge in [-0.3, -0.25) is 14.2 Å². The summed E-state index contributed by atoms with van der Waals surface area (Å²) in [4.78, 5) is 32.5. The van der Waals surface area contributed by atoms with Crippen molar-refractivity contribution < 1.29 is 18.7 Å². The lowest BCUT2D eigenvalue weighted by Crippen LogP contribution is -2.34. The molecule has 39 heavy (non-hydrogen) atoms. The van der Waals surface area contributed by atoms with E-state index in [4.69, 9.17) is 21.1 Å². The molecule has 1 aliphatic carbocycles. The van der Waals surface area contributed by atoms with Crippen molar-refractivity contribution >= 4 is 45.3 Å². The largest absolute Gasteiger partial charge is 0.493 e. The molecule has 1 amide bonds. The first-order valence-electron chi connectivity index (χ1n) is 12.5. The molecule has 2 aromatic carbocycles. The van der Waals surface area contributed by atoms with Gasteiger partial charge in [-0.1, -0.05) is 17.7 Å². The summed E-state index contributed by atoms with van der Waals surface area (Å²) in [7, 11) is 1.48. The number of halogens is 2. The van der Waals surface area contributed by atoms with E-state index in [9.17, 15) is 14.0 Å². The summed E-state index contributed by atoms with van der Waals surface area (Å²) in [5.41, 5.74) is 4.24. The summed E-state index contributed by atoms with van der Waals surface area (Å²) in [5, 5.41) is 4.95. The molecule has 5 rings (SSSR count). The molecule has 0 saturated carbocycles. The number of hydrazone groups is 1. The first-order chi connectivity index (χ1) is 18.9. The highest BCUT2D eigenvalue weighted by molar-refractivity contribution is 7.18. The van der Waals surface area contributed by atoms with E-state index in [-0.39, 0.29) is 22.8 Å². The van der Waals surface area contributed by atoms with Crippen LogP contribution >= 0.6 is 22.9 Å². The minimum atomic E-state index is -0.804. The zero-order chi connectivity index (χ0) is 27.5. The van der Waals surface area contributed by atoms with E-state index in [2.05, 4.69) is 15.5 Å². The maximum absolute atomic E-state index is 14.0. The molecular weight excluding hydrogens is 543 g/mol. The second-order valence-corrected chi connectivity index (χ2v) is 10.6. The van der Waals surface area contributed by atoms with Crippen LogP contribution in [0.4, 0.5) is 4.39 Å². The molecule has 2 aromatic heterocycles. The van der Waals surface area contributed by atoms with Gasteiger partial charge in [-0.15, -0.1) is 11.3 Å². The number of carbonyl (C=O) groups is 1. The molecule has 11 heteroatoms. The number of nitrogens with one attached hydrogen (secondary N) is 1. The second kappa shape index (κ2) is 11.5. The van der Waals surface area contributed by atoms with Crippen LogP contribution in [0.25, 0.3) is 10.2 Å². The number of hydrogen-bond acceptors (Lipinski definition) is 7. The summed E-state index contributed by atoms with van der Waals surface area (Å²) in [6.07, 6.45) is 6.89. The molecule has 1 N–H and O–H groups in total. The molecule has 0 fully saturated rings. The molecule has 1 aliphatic rings. The number of fused-ring (bicyclic) bond motifs is 3. The number of ether oxygens (including phenoxy) is 2. The number of nitrogens with zero attached hydrogens (tertiary/aromatic N) is 3. The lowest BCUT2D eigenvalue weighted by atomic mass is 9.97. The summed E-state index contributed by atoms with van der Waals surface area (Å²) in [6.45, 7) is 1.56. The molecule has 0 aliphatic heterocycles. The van der Waals surface area contributed by atoms with Gasteiger partial charge in [0.25, 0.3) is 11.5 Å². The van der Waals surface area contributed by atoms with Crippen LogP contribution in [-0.4, -0.2) is 28.8 Å². The maximum Gasteiger partial charge on any atom is 0.263 e. The van der Waals surface area contributed by atoms with Crippen molar-refractivity contribution in [1.82, 2.24) is 15.0 Å². The average molecular weight is 569 g/mol. The number of carbonyl (C=O) groups excluding carboxylic acids is 1. The zero-order valence-corrected chi connectivity index (χ0v) is 22.9. The highest BCUT2D eigenvalue weighted by Crippen LogP contribution is 2.33. The lowest BCUT2D eigenvalue weighted by Gasteiger charge is -2.14. The van der Waals surface area contributed by atoms with Crippen LogP contribution in [0.5, 0.6) is 11.5 Å². The number of amides is 1. The molecule has 202 valence electrons. The average Bonchev–Trinajstić information content (AvgIpc) is 3.32. The SMILES string of the molecule is COc1cc(C=NNC(=O)C(C)n2cnc3sc4c(c3c2=O)CCCC4)ccc1OCc1c(F)cccc1Cl.